The quantitative estimate of drug-likeness (QED) is 0.694. The summed E-state index contributed by atoms with van der Waals surface area (Å²) in [6, 6.07) is 2.36. The summed E-state index contributed by atoms with van der Waals surface area (Å²) < 4.78 is 3.13. The van der Waals surface area contributed by atoms with Crippen molar-refractivity contribution in [1.29, 1.82) is 0 Å². The van der Waals surface area contributed by atoms with Crippen LogP contribution in [0.2, 0.25) is 0 Å². The van der Waals surface area contributed by atoms with Gasteiger partial charge in [0.05, 0.1) is 5.38 Å². The summed E-state index contributed by atoms with van der Waals surface area (Å²) in [7, 11) is 0. The maximum atomic E-state index is 6.27. The molecule has 0 N–H and O–H groups in total. The van der Waals surface area contributed by atoms with Gasteiger partial charge in [-0.25, -0.2) is 9.97 Å². The van der Waals surface area contributed by atoms with Crippen LogP contribution >= 0.6 is 27.5 Å². The van der Waals surface area contributed by atoms with Crippen LogP contribution in [-0.4, -0.2) is 14.5 Å². The van der Waals surface area contributed by atoms with Crippen molar-refractivity contribution in [3.63, 3.8) is 0 Å². The molecule has 0 saturated carbocycles. The lowest BCUT2D eigenvalue weighted by atomic mass is 10.1. The number of hydrogen-bond donors (Lipinski definition) is 0. The van der Waals surface area contributed by atoms with Crippen molar-refractivity contribution >= 4 is 38.7 Å². The third kappa shape index (κ3) is 3.11. The van der Waals surface area contributed by atoms with Gasteiger partial charge in [0.15, 0.2) is 5.65 Å². The van der Waals surface area contributed by atoms with Crippen molar-refractivity contribution in [2.45, 2.75) is 51.5 Å². The van der Waals surface area contributed by atoms with Gasteiger partial charge in [-0.1, -0.05) is 19.8 Å². The molecule has 2 aromatic heterocycles. The van der Waals surface area contributed by atoms with Gasteiger partial charge in [-0.15, -0.1) is 11.6 Å². The molecule has 2 aromatic rings. The summed E-state index contributed by atoms with van der Waals surface area (Å²) in [5, 5.41) is -0.114. The van der Waals surface area contributed by atoms with E-state index in [4.69, 9.17) is 11.6 Å². The van der Waals surface area contributed by atoms with Gasteiger partial charge in [0.1, 0.15) is 11.3 Å². The number of nitrogens with zero attached hydrogens (tertiary/aromatic N) is 3. The van der Waals surface area contributed by atoms with E-state index < -0.39 is 0 Å². The van der Waals surface area contributed by atoms with Crippen LogP contribution in [0.4, 0.5) is 0 Å². The summed E-state index contributed by atoms with van der Waals surface area (Å²) in [5.41, 5.74) is 1.83. The maximum absolute atomic E-state index is 6.27. The number of aromatic nitrogens is 3. The SMILES string of the molecule is CCCCC(C)n1c(C(C)Cl)nc2cc(Br)cnc21. The standard InChI is InChI=1S/C14H19BrClN3/c1-4-5-6-9(2)19-13(10(3)16)18-12-7-11(15)8-17-14(12)19/h7-10H,4-6H2,1-3H3. The second-order valence-electron chi connectivity index (χ2n) is 4.94. The van der Waals surface area contributed by atoms with Crippen molar-refractivity contribution in [2.24, 2.45) is 0 Å². The fraction of sp³-hybridized carbons (Fsp3) is 0.571. The van der Waals surface area contributed by atoms with Crippen molar-refractivity contribution in [1.82, 2.24) is 14.5 Å². The molecule has 104 valence electrons. The van der Waals surface area contributed by atoms with Gasteiger partial charge in [0.2, 0.25) is 0 Å². The predicted octanol–water partition coefficient (Wildman–Crippen LogP) is 5.24. The van der Waals surface area contributed by atoms with E-state index in [2.05, 4.69) is 44.3 Å². The average molecular weight is 345 g/mol. The molecule has 0 amide bonds. The van der Waals surface area contributed by atoms with Gasteiger partial charge in [-0.3, -0.25) is 0 Å². The monoisotopic (exact) mass is 343 g/mol. The van der Waals surface area contributed by atoms with E-state index >= 15 is 0 Å². The zero-order valence-corrected chi connectivity index (χ0v) is 13.9. The molecular formula is C14H19BrClN3. The first-order valence-electron chi connectivity index (χ1n) is 6.72. The molecule has 2 unspecified atom stereocenters. The molecule has 5 heteroatoms. The molecule has 0 aliphatic rings. The Morgan fingerprint density at radius 2 is 2.16 bits per heavy atom. The minimum absolute atomic E-state index is 0.114. The molecule has 0 bridgehead atoms. The van der Waals surface area contributed by atoms with Gasteiger partial charge in [-0.05, 0) is 42.3 Å². The molecule has 19 heavy (non-hydrogen) atoms. The molecule has 2 atom stereocenters. The fourth-order valence-electron chi connectivity index (χ4n) is 2.32. The van der Waals surface area contributed by atoms with Crippen molar-refractivity contribution in [2.75, 3.05) is 0 Å². The molecule has 0 aliphatic heterocycles. The Morgan fingerprint density at radius 1 is 1.42 bits per heavy atom. The van der Waals surface area contributed by atoms with Gasteiger partial charge < -0.3 is 4.57 Å². The molecule has 0 spiro atoms. The second kappa shape index (κ2) is 6.23. The maximum Gasteiger partial charge on any atom is 0.160 e. The molecule has 3 nitrogen and oxygen atoms in total. The molecule has 0 aliphatic carbocycles. The molecule has 0 radical (unpaired) electrons. The van der Waals surface area contributed by atoms with Gasteiger partial charge in [0.25, 0.3) is 0 Å². The first-order chi connectivity index (χ1) is 9.04. The van der Waals surface area contributed by atoms with Crippen LogP contribution in [0.15, 0.2) is 16.7 Å². The normalized spacial score (nSPS) is 14.8. The Labute approximate surface area is 127 Å². The minimum atomic E-state index is -0.114. The Bertz CT molecular complexity index is 565. The smallest absolute Gasteiger partial charge is 0.160 e. The molecule has 0 saturated heterocycles. The zero-order valence-electron chi connectivity index (χ0n) is 11.5. The Hall–Kier alpha value is -0.610. The number of imidazole rings is 1. The van der Waals surface area contributed by atoms with E-state index in [1.807, 2.05) is 19.2 Å². The lowest BCUT2D eigenvalue weighted by Crippen LogP contribution is -2.10. The average Bonchev–Trinajstić information content (AvgIpc) is 2.74. The van der Waals surface area contributed by atoms with Crippen LogP contribution in [0.5, 0.6) is 0 Å². The highest BCUT2D eigenvalue weighted by atomic mass is 79.9. The number of fused-ring (bicyclic) bond motifs is 1. The molecule has 2 heterocycles. The summed E-state index contributed by atoms with van der Waals surface area (Å²) in [5.74, 6) is 0.908. The lowest BCUT2D eigenvalue weighted by Gasteiger charge is -2.17. The van der Waals surface area contributed by atoms with Gasteiger partial charge in [0, 0.05) is 16.7 Å². The van der Waals surface area contributed by atoms with Crippen LogP contribution in [0.25, 0.3) is 11.2 Å². The largest absolute Gasteiger partial charge is 0.309 e. The van der Waals surface area contributed by atoms with Crippen molar-refractivity contribution in [3.05, 3.63) is 22.6 Å². The van der Waals surface area contributed by atoms with Crippen LogP contribution in [-0.2, 0) is 0 Å². The second-order valence-corrected chi connectivity index (χ2v) is 6.51. The lowest BCUT2D eigenvalue weighted by molar-refractivity contribution is 0.478. The van der Waals surface area contributed by atoms with Crippen molar-refractivity contribution < 1.29 is 0 Å². The summed E-state index contributed by atoms with van der Waals surface area (Å²) >= 11 is 9.71. The van der Waals surface area contributed by atoms with Crippen LogP contribution < -0.4 is 0 Å². The highest BCUT2D eigenvalue weighted by Crippen LogP contribution is 2.29. The summed E-state index contributed by atoms with van der Waals surface area (Å²) in [6.45, 7) is 6.38. The third-order valence-electron chi connectivity index (χ3n) is 3.30. The number of alkyl halides is 1. The van der Waals surface area contributed by atoms with Crippen molar-refractivity contribution in [3.8, 4) is 0 Å². The van der Waals surface area contributed by atoms with Gasteiger partial charge in [-0.2, -0.15) is 0 Å². The zero-order chi connectivity index (χ0) is 14.0. The first-order valence-corrected chi connectivity index (χ1v) is 7.95. The molecular weight excluding hydrogens is 326 g/mol. The van der Waals surface area contributed by atoms with E-state index in [-0.39, 0.29) is 5.38 Å². The number of halogens is 2. The van der Waals surface area contributed by atoms with E-state index in [1.165, 1.54) is 12.8 Å². The van der Waals surface area contributed by atoms with Crippen LogP contribution in [0.1, 0.15) is 57.3 Å². The fourth-order valence-corrected chi connectivity index (χ4v) is 2.79. The van der Waals surface area contributed by atoms with E-state index in [0.29, 0.717) is 6.04 Å². The van der Waals surface area contributed by atoms with E-state index in [1.54, 1.807) is 0 Å². The number of rotatable bonds is 5. The summed E-state index contributed by atoms with van der Waals surface area (Å²) in [4.78, 5) is 9.15. The number of pyridine rings is 1. The van der Waals surface area contributed by atoms with E-state index in [9.17, 15) is 0 Å². The number of unbranched alkanes of at least 4 members (excludes halogenated alkanes) is 1. The Kier molecular flexibility index (Phi) is 4.85. The molecule has 0 fully saturated rings. The van der Waals surface area contributed by atoms with Crippen LogP contribution in [0, 0.1) is 0 Å². The van der Waals surface area contributed by atoms with Gasteiger partial charge >= 0.3 is 0 Å². The molecule has 2 rings (SSSR count). The Morgan fingerprint density at radius 3 is 2.79 bits per heavy atom. The third-order valence-corrected chi connectivity index (χ3v) is 3.92. The highest BCUT2D eigenvalue weighted by Gasteiger charge is 2.19. The van der Waals surface area contributed by atoms with Crippen LogP contribution in [0.3, 0.4) is 0 Å². The highest BCUT2D eigenvalue weighted by molar-refractivity contribution is 9.10. The Balaban J connectivity index is 2.51. The minimum Gasteiger partial charge on any atom is -0.309 e. The topological polar surface area (TPSA) is 30.7 Å². The number of hydrogen-bond acceptors (Lipinski definition) is 2. The van der Waals surface area contributed by atoms with E-state index in [0.717, 1.165) is 27.9 Å². The summed E-state index contributed by atoms with van der Waals surface area (Å²) in [6.07, 6.45) is 5.33. The molecule has 0 aromatic carbocycles. The first kappa shape index (κ1) is 14.8. The predicted molar refractivity (Wildman–Crippen MR) is 83.7 cm³/mol.